The summed E-state index contributed by atoms with van der Waals surface area (Å²) in [7, 11) is 0. The second-order valence-corrected chi connectivity index (χ2v) is 11.6. The van der Waals surface area contributed by atoms with E-state index in [1.807, 2.05) is 30.3 Å². The number of carbonyl (C=O) groups is 4. The highest BCUT2D eigenvalue weighted by atomic mass is 16.5. The molecule has 4 rings (SSSR count). The van der Waals surface area contributed by atoms with Crippen molar-refractivity contribution >= 4 is 40.7 Å². The molecule has 1 aliphatic carbocycles. The van der Waals surface area contributed by atoms with Gasteiger partial charge in [0.15, 0.2) is 6.10 Å². The third-order valence-corrected chi connectivity index (χ3v) is 7.95. The average Bonchev–Trinajstić information content (AvgIpc) is 2.93. The number of aryl methyl sites for hydroxylation is 1. The van der Waals surface area contributed by atoms with Crippen LogP contribution < -0.4 is 16.5 Å². The number of hydrogen-bond donors (Lipinski definition) is 3. The van der Waals surface area contributed by atoms with E-state index in [-0.39, 0.29) is 11.8 Å². The van der Waals surface area contributed by atoms with E-state index in [9.17, 15) is 19.2 Å². The van der Waals surface area contributed by atoms with Crippen LogP contribution in [0.1, 0.15) is 71.1 Å². The number of esters is 1. The molecule has 1 saturated heterocycles. The lowest BCUT2D eigenvalue weighted by Crippen LogP contribution is -2.61. The van der Waals surface area contributed by atoms with Gasteiger partial charge in [-0.1, -0.05) is 43.7 Å². The molecule has 1 aromatic carbocycles. The van der Waals surface area contributed by atoms with Gasteiger partial charge in [-0.15, -0.1) is 0 Å². The van der Waals surface area contributed by atoms with Gasteiger partial charge in [0.25, 0.3) is 11.8 Å². The Balaban J connectivity index is 1.40. The van der Waals surface area contributed by atoms with Crippen LogP contribution in [0.3, 0.4) is 0 Å². The van der Waals surface area contributed by atoms with E-state index in [1.54, 1.807) is 26.8 Å². The molecule has 2 fully saturated rings. The number of nitrogens with one attached hydrogen (secondary N) is 2. The third kappa shape index (κ3) is 7.30. The number of pyridine rings is 1. The normalized spacial score (nSPS) is 19.4. The first kappa shape index (κ1) is 30.2. The Morgan fingerprint density at radius 3 is 2.56 bits per heavy atom. The number of nitrogens with two attached hydrogens (primary N) is 1. The Hall–Kier alpha value is -3.79. The predicted octanol–water partition coefficient (Wildman–Crippen LogP) is 3.03. The summed E-state index contributed by atoms with van der Waals surface area (Å²) in [5.74, 6) is -2.04. The highest BCUT2D eigenvalue weighted by Crippen LogP contribution is 2.33. The minimum absolute atomic E-state index is 0.104. The highest BCUT2D eigenvalue weighted by Gasteiger charge is 2.40. The van der Waals surface area contributed by atoms with Crippen molar-refractivity contribution in [3.8, 4) is 0 Å². The van der Waals surface area contributed by atoms with Gasteiger partial charge in [-0.25, -0.2) is 5.43 Å². The smallest absolute Gasteiger partial charge is 0.316 e. The number of hydrazine groups is 1. The summed E-state index contributed by atoms with van der Waals surface area (Å²) in [6.45, 7) is 7.54. The van der Waals surface area contributed by atoms with Crippen LogP contribution >= 0.6 is 0 Å². The summed E-state index contributed by atoms with van der Waals surface area (Å²) in [6.07, 6.45) is 7.14. The van der Waals surface area contributed by atoms with E-state index in [0.717, 1.165) is 47.8 Å². The van der Waals surface area contributed by atoms with Crippen LogP contribution in [0.4, 0.5) is 0 Å². The van der Waals surface area contributed by atoms with Gasteiger partial charge in [-0.05, 0) is 70.6 Å². The van der Waals surface area contributed by atoms with Gasteiger partial charge < -0.3 is 15.8 Å². The second-order valence-electron chi connectivity index (χ2n) is 11.6. The van der Waals surface area contributed by atoms with Gasteiger partial charge in [-0.2, -0.15) is 0 Å². The molecule has 1 aromatic heterocycles. The van der Waals surface area contributed by atoms with Crippen LogP contribution in [0.25, 0.3) is 17.0 Å². The van der Waals surface area contributed by atoms with Crippen molar-refractivity contribution in [1.82, 2.24) is 20.7 Å². The first-order valence-electron chi connectivity index (χ1n) is 14.5. The number of nitrogens with zero attached hydrogens (tertiary/aromatic N) is 2. The van der Waals surface area contributed by atoms with Crippen LogP contribution in [0.5, 0.6) is 0 Å². The Bertz CT molecular complexity index is 1340. The van der Waals surface area contributed by atoms with E-state index in [1.165, 1.54) is 5.01 Å². The molecule has 2 aromatic rings. The maximum Gasteiger partial charge on any atom is 0.316 e. The number of hydrogen-bond acceptors (Lipinski definition) is 7. The summed E-state index contributed by atoms with van der Waals surface area (Å²) in [4.78, 5) is 55.8. The summed E-state index contributed by atoms with van der Waals surface area (Å²) < 4.78 is 5.83. The fourth-order valence-electron chi connectivity index (χ4n) is 4.96. The van der Waals surface area contributed by atoms with E-state index < -0.39 is 41.4 Å². The molecule has 4 N–H and O–H groups in total. The van der Waals surface area contributed by atoms with Crippen LogP contribution in [0, 0.1) is 11.3 Å². The molecule has 10 nitrogen and oxygen atoms in total. The predicted molar refractivity (Wildman–Crippen MR) is 156 cm³/mol. The van der Waals surface area contributed by atoms with Crippen molar-refractivity contribution in [2.75, 3.05) is 6.54 Å². The van der Waals surface area contributed by atoms with Crippen molar-refractivity contribution in [3.63, 3.8) is 0 Å². The quantitative estimate of drug-likeness (QED) is 0.377. The van der Waals surface area contributed by atoms with E-state index in [4.69, 9.17) is 10.5 Å². The van der Waals surface area contributed by atoms with Gasteiger partial charge in [0.2, 0.25) is 5.91 Å². The van der Waals surface area contributed by atoms with Crippen molar-refractivity contribution in [3.05, 3.63) is 47.7 Å². The third-order valence-electron chi connectivity index (χ3n) is 7.95. The molecule has 0 radical (unpaired) electrons. The van der Waals surface area contributed by atoms with E-state index in [2.05, 4.69) is 28.7 Å². The molecule has 2 aliphatic rings. The van der Waals surface area contributed by atoms with Crippen molar-refractivity contribution in [2.24, 2.45) is 17.1 Å². The molecule has 41 heavy (non-hydrogen) atoms. The molecular formula is C31H41N5O5. The van der Waals surface area contributed by atoms with Gasteiger partial charge in [0.05, 0.1) is 10.9 Å². The maximum atomic E-state index is 13.3. The summed E-state index contributed by atoms with van der Waals surface area (Å²) in [6, 6.07) is 8.51. The van der Waals surface area contributed by atoms with E-state index in [0.29, 0.717) is 19.4 Å². The van der Waals surface area contributed by atoms with Gasteiger partial charge in [0.1, 0.15) is 12.1 Å². The molecule has 220 valence electrons. The number of aromatic nitrogens is 1. The molecule has 0 bridgehead atoms. The van der Waals surface area contributed by atoms with Crippen LogP contribution in [-0.4, -0.2) is 58.4 Å². The zero-order chi connectivity index (χ0) is 29.7. The zero-order valence-corrected chi connectivity index (χ0v) is 24.3. The molecule has 3 amide bonds. The molecule has 3 atom stereocenters. The standard InChI is InChI=1S/C31H41N5O5/c1-5-23-14-13-21-12-11-20(18-25(21)34-23)15-16-31(3,4)30(40)41-26(22-8-6-9-22)28(38)33-19(2)29(39)36-17-7-10-24(35-36)27(32)37/h11-16,18-19,22,24,26,35H,5-10,17H2,1-4H3,(H2,32,37)(H,33,38)/b16-15+. The van der Waals surface area contributed by atoms with Crippen molar-refractivity contribution in [1.29, 1.82) is 0 Å². The lowest BCUT2D eigenvalue weighted by molar-refractivity contribution is -0.168. The molecule has 1 saturated carbocycles. The van der Waals surface area contributed by atoms with Crippen molar-refractivity contribution in [2.45, 2.75) is 84.4 Å². The molecule has 10 heteroatoms. The first-order chi connectivity index (χ1) is 19.5. The van der Waals surface area contributed by atoms with E-state index >= 15 is 0 Å². The number of benzene rings is 1. The fraction of sp³-hybridized carbons (Fsp3) is 0.516. The van der Waals surface area contributed by atoms with Crippen molar-refractivity contribution < 1.29 is 23.9 Å². The minimum Gasteiger partial charge on any atom is -0.451 e. The summed E-state index contributed by atoms with van der Waals surface area (Å²) >= 11 is 0. The zero-order valence-electron chi connectivity index (χ0n) is 24.3. The Morgan fingerprint density at radius 2 is 1.90 bits per heavy atom. The lowest BCUT2D eigenvalue weighted by Gasteiger charge is -2.36. The maximum absolute atomic E-state index is 13.3. The number of rotatable bonds is 10. The average molecular weight is 564 g/mol. The van der Waals surface area contributed by atoms with Gasteiger partial charge >= 0.3 is 5.97 Å². The Labute approximate surface area is 241 Å². The van der Waals surface area contributed by atoms with Crippen LogP contribution in [0.15, 0.2) is 36.4 Å². The van der Waals surface area contributed by atoms with Crippen LogP contribution in [-0.2, 0) is 30.3 Å². The number of primary amides is 1. The van der Waals surface area contributed by atoms with Gasteiger partial charge in [0, 0.05) is 23.5 Å². The monoisotopic (exact) mass is 563 g/mol. The number of carbonyl (C=O) groups excluding carboxylic acids is 4. The van der Waals surface area contributed by atoms with Gasteiger partial charge in [-0.3, -0.25) is 29.2 Å². The Kier molecular flexibility index (Phi) is 9.42. The van der Waals surface area contributed by atoms with Crippen LogP contribution in [0.2, 0.25) is 0 Å². The second kappa shape index (κ2) is 12.8. The summed E-state index contributed by atoms with van der Waals surface area (Å²) in [5, 5.41) is 5.09. The Morgan fingerprint density at radius 1 is 1.17 bits per heavy atom. The first-order valence-corrected chi connectivity index (χ1v) is 14.5. The number of ether oxygens (including phenoxy) is 1. The molecule has 3 unspecified atom stereocenters. The molecular weight excluding hydrogens is 522 g/mol. The molecule has 0 spiro atoms. The molecule has 2 heterocycles. The summed E-state index contributed by atoms with van der Waals surface area (Å²) in [5.41, 5.74) is 10.0. The topological polar surface area (TPSA) is 144 Å². The molecule has 1 aliphatic heterocycles. The number of fused-ring (bicyclic) bond motifs is 1. The fourth-order valence-corrected chi connectivity index (χ4v) is 4.96. The number of amides is 3. The largest absolute Gasteiger partial charge is 0.451 e. The minimum atomic E-state index is -1.00. The lowest BCUT2D eigenvalue weighted by atomic mass is 9.80. The SMILES string of the molecule is CCc1ccc2ccc(/C=C/C(C)(C)C(=O)OC(C(=O)NC(C)C(=O)N3CCCC(C(N)=O)N3)C3CCC3)cc2n1. The highest BCUT2D eigenvalue weighted by molar-refractivity contribution is 5.91.